The van der Waals surface area contributed by atoms with E-state index in [2.05, 4.69) is 36.7 Å². The lowest BCUT2D eigenvalue weighted by atomic mass is 10.1. The molecule has 0 aromatic heterocycles. The predicted molar refractivity (Wildman–Crippen MR) is 91.1 cm³/mol. The van der Waals surface area contributed by atoms with Crippen LogP contribution in [0.2, 0.25) is 0 Å². The monoisotopic (exact) mass is 291 g/mol. The molecule has 0 saturated carbocycles. The van der Waals surface area contributed by atoms with Gasteiger partial charge >= 0.3 is 0 Å². The molecule has 0 bridgehead atoms. The molecule has 1 rings (SSSR count). The number of hydrogen-bond acceptors (Lipinski definition) is 2. The second kappa shape index (κ2) is 14.1. The molecule has 0 amide bonds. The second-order valence-electron chi connectivity index (χ2n) is 5.84. The number of rotatable bonds is 14. The molecule has 0 heterocycles. The van der Waals surface area contributed by atoms with Crippen LogP contribution in [0.1, 0.15) is 76.7 Å². The second-order valence-corrected chi connectivity index (χ2v) is 5.84. The van der Waals surface area contributed by atoms with Crippen LogP contribution in [0, 0.1) is 0 Å². The summed E-state index contributed by atoms with van der Waals surface area (Å²) in [6, 6.07) is 10.4. The van der Waals surface area contributed by atoms with Crippen LogP contribution in [0.5, 0.6) is 0 Å². The zero-order valence-electron chi connectivity index (χ0n) is 13.8. The summed E-state index contributed by atoms with van der Waals surface area (Å²) in [4.78, 5) is 5.46. The molecule has 0 aliphatic heterocycles. The van der Waals surface area contributed by atoms with Crippen molar-refractivity contribution >= 4 is 0 Å². The smallest absolute Gasteiger partial charge is 0.0682 e. The molecule has 0 unspecified atom stereocenters. The van der Waals surface area contributed by atoms with E-state index in [0.717, 1.165) is 19.6 Å². The first kappa shape index (κ1) is 18.2. The van der Waals surface area contributed by atoms with E-state index in [1.165, 1.54) is 63.4 Å². The van der Waals surface area contributed by atoms with Crippen molar-refractivity contribution < 1.29 is 4.84 Å². The van der Waals surface area contributed by atoms with Gasteiger partial charge in [0, 0.05) is 6.54 Å². The van der Waals surface area contributed by atoms with Crippen molar-refractivity contribution in [2.45, 2.75) is 77.7 Å². The van der Waals surface area contributed by atoms with E-state index in [1.54, 1.807) is 0 Å². The van der Waals surface area contributed by atoms with Crippen LogP contribution in [0.3, 0.4) is 0 Å². The van der Waals surface area contributed by atoms with Crippen LogP contribution in [-0.2, 0) is 11.4 Å². The summed E-state index contributed by atoms with van der Waals surface area (Å²) in [7, 11) is 0. The van der Waals surface area contributed by atoms with Gasteiger partial charge in [-0.05, 0) is 12.0 Å². The van der Waals surface area contributed by atoms with E-state index in [9.17, 15) is 0 Å². The summed E-state index contributed by atoms with van der Waals surface area (Å²) in [5.74, 6) is 0. The quantitative estimate of drug-likeness (QED) is 0.354. The van der Waals surface area contributed by atoms with Gasteiger partial charge in [-0.25, -0.2) is 0 Å². The molecule has 21 heavy (non-hydrogen) atoms. The molecule has 0 fully saturated rings. The molecule has 1 aromatic carbocycles. The van der Waals surface area contributed by atoms with Crippen LogP contribution >= 0.6 is 0 Å². The zero-order valence-corrected chi connectivity index (χ0v) is 13.8. The molecule has 2 heteroatoms. The fourth-order valence-corrected chi connectivity index (χ4v) is 2.46. The Kier molecular flexibility index (Phi) is 12.2. The first-order valence-corrected chi connectivity index (χ1v) is 8.82. The minimum Gasteiger partial charge on any atom is -0.301 e. The topological polar surface area (TPSA) is 21.3 Å². The summed E-state index contributed by atoms with van der Waals surface area (Å²) < 4.78 is 0. The van der Waals surface area contributed by atoms with Crippen LogP contribution in [0.25, 0.3) is 0 Å². The number of hydrogen-bond donors (Lipinski definition) is 1. The van der Waals surface area contributed by atoms with Gasteiger partial charge in [-0.3, -0.25) is 0 Å². The van der Waals surface area contributed by atoms with Crippen LogP contribution < -0.4 is 5.48 Å². The van der Waals surface area contributed by atoms with E-state index in [4.69, 9.17) is 4.84 Å². The number of nitrogens with one attached hydrogen (secondary N) is 1. The Labute approximate surface area is 131 Å². The maximum atomic E-state index is 5.46. The minimum absolute atomic E-state index is 0.790. The lowest BCUT2D eigenvalue weighted by Gasteiger charge is -2.06. The van der Waals surface area contributed by atoms with Crippen LogP contribution in [0.4, 0.5) is 0 Å². The summed E-state index contributed by atoms with van der Waals surface area (Å²) in [5.41, 5.74) is 4.30. The molecular formula is C19H33NO. The van der Waals surface area contributed by atoms with Gasteiger partial charge in [-0.15, -0.1) is 0 Å². The summed E-state index contributed by atoms with van der Waals surface area (Å²) in [5, 5.41) is 0. The van der Waals surface area contributed by atoms with Gasteiger partial charge < -0.3 is 4.84 Å². The van der Waals surface area contributed by atoms with Crippen molar-refractivity contribution in [1.82, 2.24) is 5.48 Å². The maximum Gasteiger partial charge on any atom is 0.0682 e. The van der Waals surface area contributed by atoms with Gasteiger partial charge in [0.05, 0.1) is 6.61 Å². The highest BCUT2D eigenvalue weighted by Crippen LogP contribution is 2.10. The molecule has 0 saturated heterocycles. The van der Waals surface area contributed by atoms with Crippen molar-refractivity contribution in [2.24, 2.45) is 0 Å². The van der Waals surface area contributed by atoms with Gasteiger partial charge in [-0.2, -0.15) is 5.48 Å². The average molecular weight is 291 g/mol. The first-order valence-electron chi connectivity index (χ1n) is 8.82. The Hall–Kier alpha value is -0.860. The van der Waals surface area contributed by atoms with E-state index in [1.807, 2.05) is 6.07 Å². The third kappa shape index (κ3) is 11.5. The predicted octanol–water partition coefficient (Wildman–Crippen LogP) is 5.63. The third-order valence-electron chi connectivity index (χ3n) is 3.82. The Bertz CT molecular complexity index is 313. The summed E-state index contributed by atoms with van der Waals surface area (Å²) in [6.07, 6.45) is 13.7. The minimum atomic E-state index is 0.790. The molecule has 1 N–H and O–H groups in total. The average Bonchev–Trinajstić information content (AvgIpc) is 2.53. The molecule has 0 spiro atoms. The highest BCUT2D eigenvalue weighted by Gasteiger charge is 1.94. The highest BCUT2D eigenvalue weighted by molar-refractivity contribution is 5.13. The zero-order chi connectivity index (χ0) is 15.0. The highest BCUT2D eigenvalue weighted by atomic mass is 16.6. The standard InChI is InChI=1S/C19H33NO/c1-2-3-4-5-6-7-8-9-10-14-17-21-20-18-19-15-12-11-13-16-19/h11-13,15-16,20H,2-10,14,17-18H2,1H3. The van der Waals surface area contributed by atoms with Crippen molar-refractivity contribution in [1.29, 1.82) is 0 Å². The summed E-state index contributed by atoms with van der Waals surface area (Å²) in [6.45, 7) is 3.89. The van der Waals surface area contributed by atoms with Crippen LogP contribution in [0.15, 0.2) is 30.3 Å². The van der Waals surface area contributed by atoms with Crippen molar-refractivity contribution in [3.05, 3.63) is 35.9 Å². The molecule has 120 valence electrons. The molecule has 0 radical (unpaired) electrons. The van der Waals surface area contributed by atoms with Gasteiger partial charge in [0.2, 0.25) is 0 Å². The van der Waals surface area contributed by atoms with Gasteiger partial charge in [0.1, 0.15) is 0 Å². The molecule has 0 aliphatic rings. The van der Waals surface area contributed by atoms with Crippen molar-refractivity contribution in [2.75, 3.05) is 6.61 Å². The Morgan fingerprint density at radius 1 is 0.762 bits per heavy atom. The third-order valence-corrected chi connectivity index (χ3v) is 3.82. The lowest BCUT2D eigenvalue weighted by molar-refractivity contribution is 0.0340. The van der Waals surface area contributed by atoms with E-state index < -0.39 is 0 Å². The lowest BCUT2D eigenvalue weighted by Crippen LogP contribution is -2.14. The largest absolute Gasteiger partial charge is 0.301 e. The molecule has 0 aliphatic carbocycles. The summed E-state index contributed by atoms with van der Waals surface area (Å²) >= 11 is 0. The number of hydroxylamine groups is 1. The number of benzene rings is 1. The Morgan fingerprint density at radius 3 is 1.95 bits per heavy atom. The normalized spacial score (nSPS) is 10.9. The van der Waals surface area contributed by atoms with E-state index in [-0.39, 0.29) is 0 Å². The maximum absolute atomic E-state index is 5.46. The Balaban J connectivity index is 1.75. The molecular weight excluding hydrogens is 258 g/mol. The molecule has 1 aromatic rings. The fraction of sp³-hybridized carbons (Fsp3) is 0.684. The molecule has 0 atom stereocenters. The van der Waals surface area contributed by atoms with Crippen molar-refractivity contribution in [3.63, 3.8) is 0 Å². The Morgan fingerprint density at radius 2 is 1.33 bits per heavy atom. The first-order chi connectivity index (χ1) is 10.4. The van der Waals surface area contributed by atoms with E-state index in [0.29, 0.717) is 0 Å². The van der Waals surface area contributed by atoms with Gasteiger partial charge in [0.25, 0.3) is 0 Å². The molecule has 2 nitrogen and oxygen atoms in total. The SMILES string of the molecule is CCCCCCCCCCCCONCc1ccccc1. The van der Waals surface area contributed by atoms with Gasteiger partial charge in [-0.1, -0.05) is 95.0 Å². The van der Waals surface area contributed by atoms with Gasteiger partial charge in [0.15, 0.2) is 0 Å². The van der Waals surface area contributed by atoms with Crippen LogP contribution in [-0.4, -0.2) is 6.61 Å². The van der Waals surface area contributed by atoms with E-state index >= 15 is 0 Å². The van der Waals surface area contributed by atoms with Crippen molar-refractivity contribution in [3.8, 4) is 0 Å². The fourth-order valence-electron chi connectivity index (χ4n) is 2.46. The number of unbranched alkanes of at least 4 members (excludes halogenated alkanes) is 9.